The van der Waals surface area contributed by atoms with Gasteiger partial charge < -0.3 is 10.1 Å². The van der Waals surface area contributed by atoms with E-state index in [9.17, 15) is 13.2 Å². The zero-order chi connectivity index (χ0) is 22.1. The number of aromatic nitrogens is 3. The molecule has 0 bridgehead atoms. The summed E-state index contributed by atoms with van der Waals surface area (Å²) in [6.07, 6.45) is 10.4. The molecule has 172 valence electrons. The van der Waals surface area contributed by atoms with Crippen LogP contribution < -0.4 is 5.32 Å². The van der Waals surface area contributed by atoms with E-state index in [1.54, 1.807) is 8.99 Å². The van der Waals surface area contributed by atoms with Crippen molar-refractivity contribution in [3.63, 3.8) is 0 Å². The molecular formula is C23H31N5O3S. The predicted octanol–water partition coefficient (Wildman–Crippen LogP) is 3.21. The van der Waals surface area contributed by atoms with E-state index in [1.165, 1.54) is 18.4 Å². The fourth-order valence-corrected chi connectivity index (χ4v) is 6.49. The van der Waals surface area contributed by atoms with Crippen molar-refractivity contribution in [3.05, 3.63) is 35.7 Å². The first kappa shape index (κ1) is 21.6. The third kappa shape index (κ3) is 4.59. The molecule has 2 aliphatic carbocycles. The molecule has 1 atom stereocenters. The van der Waals surface area contributed by atoms with Crippen molar-refractivity contribution in [3.8, 4) is 5.82 Å². The van der Waals surface area contributed by atoms with Crippen molar-refractivity contribution in [2.75, 3.05) is 25.0 Å². The van der Waals surface area contributed by atoms with E-state index in [1.807, 2.05) is 18.3 Å². The van der Waals surface area contributed by atoms with Crippen LogP contribution >= 0.6 is 0 Å². The van der Waals surface area contributed by atoms with Gasteiger partial charge in [0.15, 0.2) is 5.82 Å². The van der Waals surface area contributed by atoms with Crippen LogP contribution in [-0.2, 0) is 14.8 Å². The molecule has 1 N–H and O–H groups in total. The molecule has 0 radical (unpaired) electrons. The second kappa shape index (κ2) is 8.94. The molecule has 2 aromatic heterocycles. The first-order valence-electron chi connectivity index (χ1n) is 11.8. The molecule has 0 amide bonds. The standard InChI is InChI=1S/C23H31N5O3S/c29-14-11-24-23-15-21(26-28(23)22-9-6-19(16-25-22)17-4-5-17)18-3-1-2-12-27(13-10-18)32(30,31)20-7-8-20/h6,9,14-18,20,24H,1-5,7-8,10-13H2. The van der Waals surface area contributed by atoms with Crippen LogP contribution in [0.5, 0.6) is 0 Å². The predicted molar refractivity (Wildman–Crippen MR) is 123 cm³/mol. The summed E-state index contributed by atoms with van der Waals surface area (Å²) in [6, 6.07) is 6.09. The van der Waals surface area contributed by atoms with Gasteiger partial charge in [0, 0.05) is 31.3 Å². The molecule has 1 saturated heterocycles. The number of anilines is 1. The van der Waals surface area contributed by atoms with Gasteiger partial charge in [-0.1, -0.05) is 12.5 Å². The molecule has 8 nitrogen and oxygen atoms in total. The highest BCUT2D eigenvalue weighted by atomic mass is 32.2. The number of pyridine rings is 1. The molecule has 0 spiro atoms. The minimum absolute atomic E-state index is 0.164. The van der Waals surface area contributed by atoms with Gasteiger partial charge >= 0.3 is 0 Å². The average Bonchev–Trinajstić information content (AvgIpc) is 3.68. The van der Waals surface area contributed by atoms with E-state index in [0.717, 1.165) is 62.1 Å². The van der Waals surface area contributed by atoms with Crippen LogP contribution in [0.3, 0.4) is 0 Å². The van der Waals surface area contributed by atoms with Crippen LogP contribution in [0.1, 0.15) is 74.5 Å². The fourth-order valence-electron chi connectivity index (χ4n) is 4.59. The van der Waals surface area contributed by atoms with Gasteiger partial charge in [-0.3, -0.25) is 0 Å². The van der Waals surface area contributed by atoms with Gasteiger partial charge in [0.05, 0.1) is 17.5 Å². The summed E-state index contributed by atoms with van der Waals surface area (Å²) in [7, 11) is -3.15. The SMILES string of the molecule is O=CCNc1cc(C2CCCCN(S(=O)(=O)C3CC3)CC2)nn1-c1ccc(C2CC2)cn1. The Bertz CT molecular complexity index is 1060. The molecule has 3 heterocycles. The van der Waals surface area contributed by atoms with E-state index in [0.29, 0.717) is 19.0 Å². The number of rotatable bonds is 8. The van der Waals surface area contributed by atoms with Crippen LogP contribution in [-0.4, -0.2) is 58.7 Å². The van der Waals surface area contributed by atoms with Crippen molar-refractivity contribution in [1.82, 2.24) is 19.1 Å². The van der Waals surface area contributed by atoms with Gasteiger partial charge in [-0.15, -0.1) is 0 Å². The lowest BCUT2D eigenvalue weighted by Crippen LogP contribution is -2.37. The quantitative estimate of drug-likeness (QED) is 0.612. The molecule has 5 rings (SSSR count). The van der Waals surface area contributed by atoms with Crippen LogP contribution in [0.2, 0.25) is 0 Å². The Labute approximate surface area is 189 Å². The largest absolute Gasteiger partial charge is 0.363 e. The van der Waals surface area contributed by atoms with Gasteiger partial charge in [0.2, 0.25) is 10.0 Å². The Morgan fingerprint density at radius 3 is 2.56 bits per heavy atom. The zero-order valence-corrected chi connectivity index (χ0v) is 19.1. The first-order valence-corrected chi connectivity index (χ1v) is 13.3. The summed E-state index contributed by atoms with van der Waals surface area (Å²) in [5, 5.41) is 7.84. The highest BCUT2D eigenvalue weighted by Gasteiger charge is 2.40. The Hall–Kier alpha value is -2.26. The number of sulfonamides is 1. The molecule has 0 aromatic carbocycles. The van der Waals surface area contributed by atoms with E-state index >= 15 is 0 Å². The maximum absolute atomic E-state index is 12.8. The Morgan fingerprint density at radius 1 is 1.03 bits per heavy atom. The molecule has 3 fully saturated rings. The van der Waals surface area contributed by atoms with Crippen molar-refractivity contribution in [1.29, 1.82) is 0 Å². The normalized spacial score (nSPS) is 22.8. The van der Waals surface area contributed by atoms with Crippen LogP contribution in [0.4, 0.5) is 5.82 Å². The summed E-state index contributed by atoms with van der Waals surface area (Å²) in [4.78, 5) is 15.6. The molecule has 32 heavy (non-hydrogen) atoms. The lowest BCUT2D eigenvalue weighted by molar-refractivity contribution is -0.106. The topological polar surface area (TPSA) is 97.2 Å². The van der Waals surface area contributed by atoms with Gasteiger partial charge in [-0.25, -0.2) is 17.7 Å². The van der Waals surface area contributed by atoms with Crippen LogP contribution in [0, 0.1) is 0 Å². The minimum Gasteiger partial charge on any atom is -0.363 e. The summed E-state index contributed by atoms with van der Waals surface area (Å²) < 4.78 is 29.0. The van der Waals surface area contributed by atoms with Gasteiger partial charge in [0.25, 0.3) is 0 Å². The summed E-state index contributed by atoms with van der Waals surface area (Å²) >= 11 is 0. The zero-order valence-electron chi connectivity index (χ0n) is 18.3. The van der Waals surface area contributed by atoms with Crippen molar-refractivity contribution >= 4 is 22.1 Å². The molecular weight excluding hydrogens is 426 g/mol. The molecule has 1 aliphatic heterocycles. The second-order valence-corrected chi connectivity index (χ2v) is 11.5. The average molecular weight is 458 g/mol. The van der Waals surface area contributed by atoms with Crippen LogP contribution in [0.25, 0.3) is 5.82 Å². The van der Waals surface area contributed by atoms with E-state index in [2.05, 4.69) is 16.4 Å². The van der Waals surface area contributed by atoms with E-state index in [-0.39, 0.29) is 17.7 Å². The molecule has 9 heteroatoms. The number of hydrogen-bond acceptors (Lipinski definition) is 6. The highest BCUT2D eigenvalue weighted by molar-refractivity contribution is 7.90. The number of aldehydes is 1. The van der Waals surface area contributed by atoms with Gasteiger partial charge in [-0.2, -0.15) is 9.78 Å². The van der Waals surface area contributed by atoms with Crippen LogP contribution in [0.15, 0.2) is 24.4 Å². The first-order chi connectivity index (χ1) is 15.6. The Kier molecular flexibility index (Phi) is 6.03. The van der Waals surface area contributed by atoms with Gasteiger partial charge in [0.1, 0.15) is 12.1 Å². The third-order valence-electron chi connectivity index (χ3n) is 6.79. The number of carbonyl (C=O) groups is 1. The number of nitrogens with one attached hydrogen (secondary N) is 1. The monoisotopic (exact) mass is 457 g/mol. The maximum atomic E-state index is 12.8. The number of hydrogen-bond donors (Lipinski definition) is 1. The van der Waals surface area contributed by atoms with Gasteiger partial charge in [-0.05, 0) is 62.5 Å². The van der Waals surface area contributed by atoms with E-state index < -0.39 is 10.0 Å². The fraction of sp³-hybridized carbons (Fsp3) is 0.609. The second-order valence-electron chi connectivity index (χ2n) is 9.26. The van der Waals surface area contributed by atoms with Crippen molar-refractivity contribution in [2.45, 2.75) is 68.5 Å². The highest BCUT2D eigenvalue weighted by Crippen LogP contribution is 2.40. The Balaban J connectivity index is 1.37. The summed E-state index contributed by atoms with van der Waals surface area (Å²) in [6.45, 7) is 1.37. The maximum Gasteiger partial charge on any atom is 0.216 e. The number of nitrogens with zero attached hydrogens (tertiary/aromatic N) is 4. The minimum atomic E-state index is -3.15. The smallest absolute Gasteiger partial charge is 0.216 e. The lowest BCUT2D eigenvalue weighted by atomic mass is 9.93. The molecule has 2 aromatic rings. The number of carbonyl (C=O) groups excluding carboxylic acids is 1. The van der Waals surface area contributed by atoms with Crippen molar-refractivity contribution in [2.24, 2.45) is 0 Å². The lowest BCUT2D eigenvalue weighted by Gasteiger charge is -2.27. The van der Waals surface area contributed by atoms with E-state index in [4.69, 9.17) is 5.10 Å². The summed E-state index contributed by atoms with van der Waals surface area (Å²) in [5.74, 6) is 2.28. The molecule has 2 saturated carbocycles. The summed E-state index contributed by atoms with van der Waals surface area (Å²) in [5.41, 5.74) is 2.19. The molecule has 3 aliphatic rings. The third-order valence-corrected chi connectivity index (χ3v) is 9.19. The molecule has 1 unspecified atom stereocenters. The Morgan fingerprint density at radius 2 is 1.88 bits per heavy atom. The van der Waals surface area contributed by atoms with Crippen molar-refractivity contribution < 1.29 is 13.2 Å².